The van der Waals surface area contributed by atoms with E-state index < -0.39 is 24.1 Å². The Balaban J connectivity index is 2.51. The molecule has 4 nitrogen and oxygen atoms in total. The fourth-order valence-corrected chi connectivity index (χ4v) is 2.66. The lowest BCUT2D eigenvalue weighted by Crippen LogP contribution is -2.21. The summed E-state index contributed by atoms with van der Waals surface area (Å²) in [5.41, 5.74) is 3.65. The molecular formula is C20H22O4. The van der Waals surface area contributed by atoms with Gasteiger partial charge in [-0.3, -0.25) is 9.59 Å². The zero-order valence-electron chi connectivity index (χ0n) is 14.4. The number of rotatable bonds is 5. The van der Waals surface area contributed by atoms with Gasteiger partial charge in [-0.2, -0.15) is 0 Å². The number of esters is 2. The molecule has 2 aromatic rings. The van der Waals surface area contributed by atoms with Crippen molar-refractivity contribution in [1.29, 1.82) is 0 Å². The van der Waals surface area contributed by atoms with Crippen LogP contribution in [0.2, 0.25) is 0 Å². The number of hydrogen-bond acceptors (Lipinski definition) is 4. The van der Waals surface area contributed by atoms with Crippen LogP contribution in [-0.2, 0) is 19.1 Å². The molecule has 0 aliphatic carbocycles. The van der Waals surface area contributed by atoms with Crippen molar-refractivity contribution >= 4 is 11.9 Å². The predicted molar refractivity (Wildman–Crippen MR) is 91.4 cm³/mol. The Bertz CT molecular complexity index is 672. The second kappa shape index (κ2) is 7.77. The molecule has 0 spiro atoms. The summed E-state index contributed by atoms with van der Waals surface area (Å²) >= 11 is 0. The first-order valence-electron chi connectivity index (χ1n) is 7.84. The van der Waals surface area contributed by atoms with Crippen LogP contribution in [0.4, 0.5) is 0 Å². The van der Waals surface area contributed by atoms with E-state index in [9.17, 15) is 9.59 Å². The smallest absolute Gasteiger partial charge is 0.303 e. The highest BCUT2D eigenvalue weighted by molar-refractivity contribution is 5.68. The molecule has 0 fully saturated rings. The number of aryl methyl sites for hydroxylation is 2. The van der Waals surface area contributed by atoms with Crippen molar-refractivity contribution in [2.24, 2.45) is 0 Å². The number of carbonyl (C=O) groups is 2. The van der Waals surface area contributed by atoms with E-state index in [2.05, 4.69) is 0 Å². The summed E-state index contributed by atoms with van der Waals surface area (Å²) in [5.74, 6) is -0.849. The lowest BCUT2D eigenvalue weighted by molar-refractivity contribution is -0.166. The first-order valence-corrected chi connectivity index (χ1v) is 7.84. The molecule has 0 radical (unpaired) electrons. The van der Waals surface area contributed by atoms with Crippen LogP contribution in [0.15, 0.2) is 48.5 Å². The number of carbonyl (C=O) groups excluding carboxylic acids is 2. The topological polar surface area (TPSA) is 52.6 Å². The van der Waals surface area contributed by atoms with Crippen molar-refractivity contribution in [2.45, 2.75) is 39.9 Å². The van der Waals surface area contributed by atoms with E-state index in [4.69, 9.17) is 9.47 Å². The molecule has 0 aliphatic heterocycles. The molecule has 0 aromatic heterocycles. The van der Waals surface area contributed by atoms with Crippen LogP contribution in [-0.4, -0.2) is 11.9 Å². The van der Waals surface area contributed by atoms with Gasteiger partial charge in [-0.1, -0.05) is 59.7 Å². The third-order valence-electron chi connectivity index (χ3n) is 3.60. The molecule has 2 aromatic carbocycles. The normalized spacial score (nSPS) is 13.0. The number of benzene rings is 2. The molecule has 126 valence electrons. The zero-order valence-corrected chi connectivity index (χ0v) is 14.4. The maximum Gasteiger partial charge on any atom is 0.303 e. The maximum atomic E-state index is 11.6. The molecule has 0 bridgehead atoms. The summed E-state index contributed by atoms with van der Waals surface area (Å²) in [5, 5.41) is 0. The molecule has 24 heavy (non-hydrogen) atoms. The first-order chi connectivity index (χ1) is 11.4. The minimum atomic E-state index is -0.701. The van der Waals surface area contributed by atoms with Crippen molar-refractivity contribution in [3.05, 3.63) is 70.8 Å². The van der Waals surface area contributed by atoms with Crippen LogP contribution in [0.5, 0.6) is 0 Å². The third-order valence-corrected chi connectivity index (χ3v) is 3.60. The summed E-state index contributed by atoms with van der Waals surface area (Å²) < 4.78 is 11.1. The van der Waals surface area contributed by atoms with Crippen molar-refractivity contribution in [2.75, 3.05) is 0 Å². The highest BCUT2D eigenvalue weighted by Gasteiger charge is 2.30. The van der Waals surface area contributed by atoms with Crippen LogP contribution in [0.1, 0.15) is 48.3 Å². The Morgan fingerprint density at radius 3 is 1.42 bits per heavy atom. The van der Waals surface area contributed by atoms with Gasteiger partial charge >= 0.3 is 11.9 Å². The van der Waals surface area contributed by atoms with Gasteiger partial charge in [0.05, 0.1) is 0 Å². The third kappa shape index (κ3) is 4.69. The van der Waals surface area contributed by atoms with E-state index in [0.29, 0.717) is 0 Å². The van der Waals surface area contributed by atoms with Crippen molar-refractivity contribution < 1.29 is 19.1 Å². The number of hydrogen-bond donors (Lipinski definition) is 0. The first kappa shape index (κ1) is 17.7. The van der Waals surface area contributed by atoms with Gasteiger partial charge in [0, 0.05) is 13.8 Å². The minimum Gasteiger partial charge on any atom is -0.453 e. The summed E-state index contributed by atoms with van der Waals surface area (Å²) in [4.78, 5) is 23.3. The van der Waals surface area contributed by atoms with E-state index >= 15 is 0 Å². The molecule has 0 saturated heterocycles. The van der Waals surface area contributed by atoms with Gasteiger partial charge in [0.25, 0.3) is 0 Å². The standard InChI is InChI=1S/C20H22O4/c1-13-7-5-9-17(11-13)19(23-15(3)21)20(24-16(4)22)18-10-6-8-14(2)12-18/h5-12,19-20H,1-4H3/t19-,20-/m0/s1. The molecule has 0 saturated carbocycles. The van der Waals surface area contributed by atoms with Gasteiger partial charge in [0.15, 0.2) is 12.2 Å². The van der Waals surface area contributed by atoms with Crippen LogP contribution in [0.25, 0.3) is 0 Å². The highest BCUT2D eigenvalue weighted by atomic mass is 16.6. The summed E-state index contributed by atoms with van der Waals surface area (Å²) in [6.07, 6.45) is -1.40. The van der Waals surface area contributed by atoms with Gasteiger partial charge in [0.2, 0.25) is 0 Å². The van der Waals surface area contributed by atoms with Crippen molar-refractivity contribution in [3.63, 3.8) is 0 Å². The largest absolute Gasteiger partial charge is 0.453 e. The van der Waals surface area contributed by atoms with E-state index in [0.717, 1.165) is 22.3 Å². The van der Waals surface area contributed by atoms with Crippen LogP contribution in [0.3, 0.4) is 0 Å². The van der Waals surface area contributed by atoms with E-state index in [1.807, 2.05) is 62.4 Å². The Morgan fingerprint density at radius 1 is 0.750 bits per heavy atom. The predicted octanol–water partition coefficient (Wildman–Crippen LogP) is 4.21. The lowest BCUT2D eigenvalue weighted by Gasteiger charge is -2.27. The number of ether oxygens (including phenoxy) is 2. The minimum absolute atomic E-state index is 0.425. The second-order valence-corrected chi connectivity index (χ2v) is 5.89. The van der Waals surface area contributed by atoms with Gasteiger partial charge in [0.1, 0.15) is 0 Å². The fraction of sp³-hybridized carbons (Fsp3) is 0.300. The van der Waals surface area contributed by atoms with Gasteiger partial charge < -0.3 is 9.47 Å². The summed E-state index contributed by atoms with van der Waals surface area (Å²) in [6, 6.07) is 15.3. The summed E-state index contributed by atoms with van der Waals surface area (Å²) in [6.45, 7) is 6.62. The summed E-state index contributed by atoms with van der Waals surface area (Å²) in [7, 11) is 0. The van der Waals surface area contributed by atoms with Crippen molar-refractivity contribution in [3.8, 4) is 0 Å². The SMILES string of the molecule is CC(=O)O[C@@H](c1cccc(C)c1)[C@@H](OC(C)=O)c1cccc(C)c1. The Kier molecular flexibility index (Phi) is 5.74. The molecule has 2 rings (SSSR count). The van der Waals surface area contributed by atoms with Crippen LogP contribution >= 0.6 is 0 Å². The molecule has 0 amide bonds. The molecule has 2 atom stereocenters. The fourth-order valence-electron chi connectivity index (χ4n) is 2.66. The lowest BCUT2D eigenvalue weighted by atomic mass is 9.95. The molecule has 4 heteroatoms. The van der Waals surface area contributed by atoms with Gasteiger partial charge in [-0.15, -0.1) is 0 Å². The Morgan fingerprint density at radius 2 is 1.12 bits per heavy atom. The molecule has 0 aliphatic rings. The molecule has 0 N–H and O–H groups in total. The molecule has 0 unspecified atom stereocenters. The average molecular weight is 326 g/mol. The Hall–Kier alpha value is -2.62. The zero-order chi connectivity index (χ0) is 17.7. The van der Waals surface area contributed by atoms with Gasteiger partial charge in [-0.25, -0.2) is 0 Å². The van der Waals surface area contributed by atoms with E-state index in [-0.39, 0.29) is 0 Å². The van der Waals surface area contributed by atoms with Crippen LogP contribution < -0.4 is 0 Å². The average Bonchev–Trinajstić information content (AvgIpc) is 2.50. The quantitative estimate of drug-likeness (QED) is 0.772. The van der Waals surface area contributed by atoms with E-state index in [1.165, 1.54) is 13.8 Å². The highest BCUT2D eigenvalue weighted by Crippen LogP contribution is 2.36. The van der Waals surface area contributed by atoms with E-state index in [1.54, 1.807) is 0 Å². The van der Waals surface area contributed by atoms with Crippen LogP contribution in [0, 0.1) is 13.8 Å². The monoisotopic (exact) mass is 326 g/mol. The van der Waals surface area contributed by atoms with Crippen molar-refractivity contribution in [1.82, 2.24) is 0 Å². The maximum absolute atomic E-state index is 11.6. The van der Waals surface area contributed by atoms with Gasteiger partial charge in [-0.05, 0) is 25.0 Å². The Labute approximate surface area is 142 Å². The molecular weight excluding hydrogens is 304 g/mol. The second-order valence-electron chi connectivity index (χ2n) is 5.89. The molecule has 0 heterocycles.